The van der Waals surface area contributed by atoms with Gasteiger partial charge in [0, 0.05) is 31.1 Å². The van der Waals surface area contributed by atoms with Crippen LogP contribution >= 0.6 is 0 Å². The Morgan fingerprint density at radius 2 is 1.72 bits per heavy atom. The van der Waals surface area contributed by atoms with Gasteiger partial charge in [-0.25, -0.2) is 14.8 Å². The third-order valence-corrected chi connectivity index (χ3v) is 6.90. The summed E-state index contributed by atoms with van der Waals surface area (Å²) in [7, 11) is 1.63. The number of hydrogen-bond donors (Lipinski definition) is 5. The van der Waals surface area contributed by atoms with Crippen LogP contribution in [0.5, 0.6) is 5.75 Å². The van der Waals surface area contributed by atoms with Crippen LogP contribution in [-0.4, -0.2) is 90.1 Å². The molecule has 0 saturated carbocycles. The molecule has 13 heteroatoms. The van der Waals surface area contributed by atoms with Crippen molar-refractivity contribution >= 4 is 29.2 Å². The number of benzene rings is 2. The lowest BCUT2D eigenvalue weighted by atomic mass is 10.1. The van der Waals surface area contributed by atoms with Crippen LogP contribution in [0.2, 0.25) is 0 Å². The molecule has 3 aromatic rings. The largest absolute Gasteiger partial charge is 0.494 e. The summed E-state index contributed by atoms with van der Waals surface area (Å²) in [6.07, 6.45) is 6.75. The van der Waals surface area contributed by atoms with Crippen molar-refractivity contribution in [2.24, 2.45) is 0 Å². The summed E-state index contributed by atoms with van der Waals surface area (Å²) in [5.41, 5.74) is 2.50. The van der Waals surface area contributed by atoms with Crippen LogP contribution in [0, 0.1) is 10.8 Å². The average Bonchev–Trinajstić information content (AvgIpc) is 3.07. The zero-order valence-electron chi connectivity index (χ0n) is 26.3. The summed E-state index contributed by atoms with van der Waals surface area (Å²) in [6.45, 7) is 3.64. The molecule has 5 N–H and O–H groups in total. The van der Waals surface area contributed by atoms with E-state index in [2.05, 4.69) is 20.6 Å². The number of nitrogens with one attached hydrogen (secondary N) is 4. The van der Waals surface area contributed by atoms with E-state index in [4.69, 9.17) is 30.1 Å². The Bertz CT molecular complexity index is 1420. The zero-order chi connectivity index (χ0) is 33.1. The monoisotopic (exact) mass is 633 g/mol. The van der Waals surface area contributed by atoms with E-state index in [1.807, 2.05) is 37.3 Å². The third-order valence-electron chi connectivity index (χ3n) is 6.90. The van der Waals surface area contributed by atoms with E-state index in [9.17, 15) is 9.59 Å². The van der Waals surface area contributed by atoms with Gasteiger partial charge in [0.05, 0.1) is 32.4 Å². The molecule has 0 fully saturated rings. The SMILES string of the molecule is C[C@@H](NC(=O)c1cccc(NCC(=N)N(C)C(=N)c2ccncn2)c1)c1cccc(OCCCCCCOCCOCC(=O)O)c1. The second-order valence-electron chi connectivity index (χ2n) is 10.5. The maximum absolute atomic E-state index is 13.1. The Balaban J connectivity index is 1.37. The van der Waals surface area contributed by atoms with E-state index < -0.39 is 5.97 Å². The fourth-order valence-corrected chi connectivity index (χ4v) is 4.28. The Hall–Kier alpha value is -4.88. The number of amidine groups is 2. The molecule has 46 heavy (non-hydrogen) atoms. The van der Waals surface area contributed by atoms with Crippen molar-refractivity contribution in [3.05, 3.63) is 83.9 Å². The maximum Gasteiger partial charge on any atom is 0.329 e. The molecule has 0 aliphatic heterocycles. The van der Waals surface area contributed by atoms with Crippen LogP contribution in [0.25, 0.3) is 0 Å². The van der Waals surface area contributed by atoms with Gasteiger partial charge in [-0.15, -0.1) is 0 Å². The zero-order valence-corrected chi connectivity index (χ0v) is 26.3. The highest BCUT2D eigenvalue weighted by atomic mass is 16.5. The highest BCUT2D eigenvalue weighted by Gasteiger charge is 2.15. The summed E-state index contributed by atoms with van der Waals surface area (Å²) in [5.74, 6) is -0.212. The summed E-state index contributed by atoms with van der Waals surface area (Å²) in [5, 5.41) is 31.3. The topological polar surface area (TPSA) is 183 Å². The predicted molar refractivity (Wildman–Crippen MR) is 175 cm³/mol. The smallest absolute Gasteiger partial charge is 0.329 e. The van der Waals surface area contributed by atoms with Gasteiger partial charge in [0.25, 0.3) is 5.91 Å². The van der Waals surface area contributed by atoms with E-state index in [-0.39, 0.29) is 43.4 Å². The number of aromatic nitrogens is 2. The van der Waals surface area contributed by atoms with Crippen LogP contribution in [0.15, 0.2) is 67.1 Å². The lowest BCUT2D eigenvalue weighted by Crippen LogP contribution is -2.37. The van der Waals surface area contributed by atoms with Gasteiger partial charge in [-0.05, 0) is 68.1 Å². The van der Waals surface area contributed by atoms with E-state index in [1.54, 1.807) is 37.5 Å². The standard InChI is InChI=1S/C33H43N7O6/c1-24(25-9-8-12-28(20-25)46-16-6-4-3-5-15-44-17-18-45-22-31(41)42)39-33(43)26-10-7-11-27(19-26)37-21-30(34)40(2)32(35)29-13-14-36-23-38-29/h7-14,19-20,23-24,34-35,37H,3-6,15-18,21-22H2,1-2H3,(H,39,43)(H,41,42)/t24-/m1/s1. The van der Waals surface area contributed by atoms with Crippen molar-refractivity contribution < 1.29 is 28.9 Å². The van der Waals surface area contributed by atoms with Gasteiger partial charge >= 0.3 is 5.97 Å². The van der Waals surface area contributed by atoms with Crippen molar-refractivity contribution in [1.29, 1.82) is 10.8 Å². The molecular formula is C33H43N7O6. The molecule has 0 spiro atoms. The number of unbranched alkanes of at least 4 members (excludes halogenated alkanes) is 3. The Kier molecular flexibility index (Phi) is 15.1. The van der Waals surface area contributed by atoms with Crippen molar-refractivity contribution in [3.8, 4) is 5.75 Å². The fraction of sp³-hybridized carbons (Fsp3) is 0.394. The summed E-state index contributed by atoms with van der Waals surface area (Å²) < 4.78 is 16.3. The van der Waals surface area contributed by atoms with Crippen molar-refractivity contribution in [2.75, 3.05) is 51.9 Å². The molecule has 1 amide bonds. The molecule has 0 saturated heterocycles. The lowest BCUT2D eigenvalue weighted by Gasteiger charge is -2.21. The molecule has 0 aliphatic carbocycles. The van der Waals surface area contributed by atoms with E-state index >= 15 is 0 Å². The number of amides is 1. The van der Waals surface area contributed by atoms with Crippen molar-refractivity contribution in [1.82, 2.24) is 20.2 Å². The first-order chi connectivity index (χ1) is 22.2. The van der Waals surface area contributed by atoms with E-state index in [0.717, 1.165) is 37.0 Å². The number of hydrogen-bond acceptors (Lipinski definition) is 10. The van der Waals surface area contributed by atoms with Crippen LogP contribution in [-0.2, 0) is 14.3 Å². The molecule has 0 radical (unpaired) electrons. The first kappa shape index (κ1) is 35.6. The van der Waals surface area contributed by atoms with Gasteiger partial charge < -0.3 is 34.9 Å². The lowest BCUT2D eigenvalue weighted by molar-refractivity contribution is -0.142. The second kappa shape index (κ2) is 19.5. The number of rotatable bonds is 20. The molecule has 1 heterocycles. The summed E-state index contributed by atoms with van der Waals surface area (Å²) in [4.78, 5) is 32.8. The highest BCUT2D eigenvalue weighted by molar-refractivity contribution is 6.06. The molecule has 13 nitrogen and oxygen atoms in total. The van der Waals surface area contributed by atoms with Crippen LogP contribution < -0.4 is 15.4 Å². The van der Waals surface area contributed by atoms with Crippen LogP contribution in [0.1, 0.15) is 60.3 Å². The first-order valence-electron chi connectivity index (χ1n) is 15.2. The van der Waals surface area contributed by atoms with E-state index in [0.29, 0.717) is 36.8 Å². The molecule has 3 rings (SSSR count). The van der Waals surface area contributed by atoms with Crippen LogP contribution in [0.4, 0.5) is 5.69 Å². The number of ether oxygens (including phenoxy) is 3. The average molecular weight is 634 g/mol. The van der Waals surface area contributed by atoms with Crippen LogP contribution in [0.3, 0.4) is 0 Å². The first-order valence-corrected chi connectivity index (χ1v) is 15.2. The Morgan fingerprint density at radius 1 is 0.957 bits per heavy atom. The van der Waals surface area contributed by atoms with Crippen molar-refractivity contribution in [3.63, 3.8) is 0 Å². The summed E-state index contributed by atoms with van der Waals surface area (Å²) in [6, 6.07) is 16.1. The molecular weight excluding hydrogens is 590 g/mol. The minimum absolute atomic E-state index is 0.0869. The number of carbonyl (C=O) groups is 2. The maximum atomic E-state index is 13.1. The van der Waals surface area contributed by atoms with Gasteiger partial charge in [-0.3, -0.25) is 15.6 Å². The molecule has 0 aliphatic rings. The molecule has 2 aromatic carbocycles. The van der Waals surface area contributed by atoms with Gasteiger partial charge in [0.15, 0.2) is 5.84 Å². The minimum Gasteiger partial charge on any atom is -0.494 e. The molecule has 0 unspecified atom stereocenters. The predicted octanol–water partition coefficient (Wildman–Crippen LogP) is 4.37. The number of carboxylic acids is 1. The number of likely N-dealkylation sites (N-methyl/N-ethyl adjacent to an activating group) is 1. The normalized spacial score (nSPS) is 11.3. The van der Waals surface area contributed by atoms with Gasteiger partial charge in [0.2, 0.25) is 0 Å². The molecule has 246 valence electrons. The summed E-state index contributed by atoms with van der Waals surface area (Å²) >= 11 is 0. The third kappa shape index (κ3) is 12.6. The van der Waals surface area contributed by atoms with E-state index in [1.165, 1.54) is 11.2 Å². The molecule has 1 aromatic heterocycles. The number of anilines is 1. The number of carboxylic acid groups (broad SMARTS) is 1. The number of aliphatic carboxylic acids is 1. The van der Waals surface area contributed by atoms with Gasteiger partial charge in [-0.2, -0.15) is 0 Å². The second-order valence-corrected chi connectivity index (χ2v) is 10.5. The highest BCUT2D eigenvalue weighted by Crippen LogP contribution is 2.20. The van der Waals surface area contributed by atoms with Crippen molar-refractivity contribution in [2.45, 2.75) is 38.6 Å². The molecule has 1 atom stereocenters. The molecule has 0 bridgehead atoms. The van der Waals surface area contributed by atoms with Gasteiger partial charge in [-0.1, -0.05) is 24.6 Å². The Morgan fingerprint density at radius 3 is 2.48 bits per heavy atom. The number of nitrogens with zero attached hydrogens (tertiary/aromatic N) is 3. The Labute approximate surface area is 269 Å². The fourth-order valence-electron chi connectivity index (χ4n) is 4.28. The quantitative estimate of drug-likeness (QED) is 0.0680. The van der Waals surface area contributed by atoms with Gasteiger partial charge in [0.1, 0.15) is 30.2 Å². The minimum atomic E-state index is -0.984. The number of carbonyl (C=O) groups excluding carboxylic acids is 1.